The molecule has 0 aliphatic rings. The Morgan fingerprint density at radius 2 is 2.33 bits per heavy atom. The second kappa shape index (κ2) is 2.55. The Hall–Kier alpha value is -1.45. The van der Waals surface area contributed by atoms with Crippen LogP contribution in [0.25, 0.3) is 11.2 Å². The van der Waals surface area contributed by atoms with Gasteiger partial charge in [-0.1, -0.05) is 12.1 Å². The van der Waals surface area contributed by atoms with Crippen molar-refractivity contribution in [1.82, 2.24) is 20.0 Å². The summed E-state index contributed by atoms with van der Waals surface area (Å²) < 4.78 is 1.69. The summed E-state index contributed by atoms with van der Waals surface area (Å²) >= 11 is 0. The summed E-state index contributed by atoms with van der Waals surface area (Å²) in [4.78, 5) is 4.19. The van der Waals surface area contributed by atoms with Gasteiger partial charge in [-0.3, -0.25) is 0 Å². The molecule has 0 unspecified atom stereocenters. The van der Waals surface area contributed by atoms with E-state index in [1.807, 2.05) is 13.1 Å². The minimum Gasteiger partial charge on any atom is -0.235 e. The first-order valence-corrected chi connectivity index (χ1v) is 3.96. The van der Waals surface area contributed by atoms with Crippen molar-refractivity contribution in [2.75, 3.05) is 0 Å². The lowest BCUT2D eigenvalue weighted by atomic mass is 10.2. The van der Waals surface area contributed by atoms with Gasteiger partial charge >= 0.3 is 0 Å². The maximum Gasteiger partial charge on any atom is 0.178 e. The van der Waals surface area contributed by atoms with E-state index >= 15 is 0 Å². The molecule has 2 aromatic rings. The van der Waals surface area contributed by atoms with E-state index in [-0.39, 0.29) is 0 Å². The Bertz CT molecular complexity index is 404. The molecule has 0 bridgehead atoms. The van der Waals surface area contributed by atoms with Crippen LogP contribution in [0.15, 0.2) is 12.3 Å². The van der Waals surface area contributed by atoms with Crippen LogP contribution in [-0.4, -0.2) is 20.0 Å². The lowest BCUT2D eigenvalue weighted by Crippen LogP contribution is -1.92. The number of hydrogen-bond donors (Lipinski definition) is 0. The highest BCUT2D eigenvalue weighted by Gasteiger charge is 2.05. The molecule has 0 atom stereocenters. The van der Waals surface area contributed by atoms with Gasteiger partial charge in [0.2, 0.25) is 0 Å². The summed E-state index contributed by atoms with van der Waals surface area (Å²) in [5, 5.41) is 7.95. The van der Waals surface area contributed by atoms with Crippen molar-refractivity contribution in [3.8, 4) is 0 Å². The Balaban J connectivity index is 2.81. The fraction of sp³-hybridized carbons (Fsp3) is 0.375. The highest BCUT2D eigenvalue weighted by atomic mass is 15.4. The highest BCUT2D eigenvalue weighted by Crippen LogP contribution is 2.12. The lowest BCUT2D eigenvalue weighted by molar-refractivity contribution is 0.730. The number of rotatable bonds is 1. The summed E-state index contributed by atoms with van der Waals surface area (Å²) in [7, 11) is 1.85. The first-order valence-electron chi connectivity index (χ1n) is 3.96. The van der Waals surface area contributed by atoms with Crippen molar-refractivity contribution < 1.29 is 0 Å². The number of hydrogen-bond acceptors (Lipinski definition) is 3. The predicted octanol–water partition coefficient (Wildman–Crippen LogP) is 0.926. The van der Waals surface area contributed by atoms with Crippen LogP contribution in [-0.2, 0) is 13.5 Å². The number of fused-ring (bicyclic) bond motifs is 1. The lowest BCUT2D eigenvalue weighted by Gasteiger charge is -1.95. The van der Waals surface area contributed by atoms with E-state index in [4.69, 9.17) is 0 Å². The Morgan fingerprint density at radius 1 is 1.50 bits per heavy atom. The van der Waals surface area contributed by atoms with Crippen molar-refractivity contribution in [3.63, 3.8) is 0 Å². The van der Waals surface area contributed by atoms with Crippen LogP contribution < -0.4 is 0 Å². The number of nitrogens with zero attached hydrogens (tertiary/aromatic N) is 4. The number of aromatic nitrogens is 4. The molecule has 0 radical (unpaired) electrons. The summed E-state index contributed by atoms with van der Waals surface area (Å²) in [6.07, 6.45) is 2.77. The second-order valence-corrected chi connectivity index (χ2v) is 2.71. The third-order valence-corrected chi connectivity index (χ3v) is 1.95. The number of aryl methyl sites for hydroxylation is 2. The molecule has 0 spiro atoms. The molecule has 0 saturated heterocycles. The van der Waals surface area contributed by atoms with E-state index in [0.717, 1.165) is 17.6 Å². The van der Waals surface area contributed by atoms with Crippen LogP contribution >= 0.6 is 0 Å². The molecule has 2 heterocycles. The van der Waals surface area contributed by atoms with E-state index in [1.165, 1.54) is 5.56 Å². The zero-order valence-corrected chi connectivity index (χ0v) is 7.15. The molecule has 4 heteroatoms. The molecular formula is C8H10N4. The molecule has 0 amide bonds. The molecule has 0 fully saturated rings. The Morgan fingerprint density at radius 3 is 3.08 bits per heavy atom. The van der Waals surface area contributed by atoms with Crippen LogP contribution in [0.4, 0.5) is 0 Å². The van der Waals surface area contributed by atoms with Gasteiger partial charge < -0.3 is 0 Å². The molecule has 2 aromatic heterocycles. The van der Waals surface area contributed by atoms with Gasteiger partial charge in [0.05, 0.1) is 0 Å². The summed E-state index contributed by atoms with van der Waals surface area (Å²) in [5.74, 6) is 0. The van der Waals surface area contributed by atoms with Crippen LogP contribution in [0.3, 0.4) is 0 Å². The first kappa shape index (κ1) is 7.21. The Kier molecular flexibility index (Phi) is 1.53. The molecule has 0 aliphatic heterocycles. The van der Waals surface area contributed by atoms with Gasteiger partial charge in [-0.05, 0) is 18.1 Å². The van der Waals surface area contributed by atoms with E-state index < -0.39 is 0 Å². The fourth-order valence-corrected chi connectivity index (χ4v) is 1.27. The normalized spacial score (nSPS) is 10.8. The van der Waals surface area contributed by atoms with Gasteiger partial charge in [-0.2, -0.15) is 0 Å². The van der Waals surface area contributed by atoms with E-state index in [2.05, 4.69) is 22.2 Å². The van der Waals surface area contributed by atoms with Gasteiger partial charge in [0.1, 0.15) is 5.52 Å². The van der Waals surface area contributed by atoms with Crippen molar-refractivity contribution in [2.45, 2.75) is 13.3 Å². The quantitative estimate of drug-likeness (QED) is 0.626. The van der Waals surface area contributed by atoms with Crippen molar-refractivity contribution in [1.29, 1.82) is 0 Å². The number of pyridine rings is 1. The molecule has 0 aliphatic carbocycles. The third kappa shape index (κ3) is 0.879. The molecule has 12 heavy (non-hydrogen) atoms. The monoisotopic (exact) mass is 162 g/mol. The second-order valence-electron chi connectivity index (χ2n) is 2.71. The topological polar surface area (TPSA) is 43.6 Å². The van der Waals surface area contributed by atoms with Crippen LogP contribution in [0.2, 0.25) is 0 Å². The molecule has 0 aromatic carbocycles. The molecule has 62 valence electrons. The van der Waals surface area contributed by atoms with Crippen molar-refractivity contribution in [2.24, 2.45) is 7.05 Å². The van der Waals surface area contributed by atoms with Gasteiger partial charge in [0.25, 0.3) is 0 Å². The Labute approximate surface area is 70.2 Å². The van der Waals surface area contributed by atoms with Crippen LogP contribution in [0, 0.1) is 0 Å². The van der Waals surface area contributed by atoms with Crippen LogP contribution in [0.5, 0.6) is 0 Å². The molecule has 0 saturated carbocycles. The van der Waals surface area contributed by atoms with Gasteiger partial charge in [-0.25, -0.2) is 9.67 Å². The van der Waals surface area contributed by atoms with Crippen molar-refractivity contribution in [3.05, 3.63) is 17.8 Å². The molecule has 2 rings (SSSR count). The van der Waals surface area contributed by atoms with E-state index in [0.29, 0.717) is 0 Å². The third-order valence-electron chi connectivity index (χ3n) is 1.95. The first-order chi connectivity index (χ1) is 5.83. The van der Waals surface area contributed by atoms with E-state index in [1.54, 1.807) is 10.9 Å². The summed E-state index contributed by atoms with van der Waals surface area (Å²) in [5.41, 5.74) is 2.98. The average Bonchev–Trinajstić information content (AvgIpc) is 2.48. The summed E-state index contributed by atoms with van der Waals surface area (Å²) in [6, 6.07) is 1.98. The SMILES string of the molecule is CCc1ccnc2c1nnn2C. The molecular weight excluding hydrogens is 152 g/mol. The van der Waals surface area contributed by atoms with Gasteiger partial charge in [0.15, 0.2) is 5.65 Å². The van der Waals surface area contributed by atoms with Crippen molar-refractivity contribution >= 4 is 11.2 Å². The zero-order valence-electron chi connectivity index (χ0n) is 7.15. The van der Waals surface area contributed by atoms with E-state index in [9.17, 15) is 0 Å². The largest absolute Gasteiger partial charge is 0.235 e. The zero-order chi connectivity index (χ0) is 8.55. The van der Waals surface area contributed by atoms with Gasteiger partial charge in [0, 0.05) is 13.2 Å². The molecule has 4 nitrogen and oxygen atoms in total. The highest BCUT2D eigenvalue weighted by molar-refractivity contribution is 5.73. The maximum atomic E-state index is 4.19. The van der Waals surface area contributed by atoms with Gasteiger partial charge in [-0.15, -0.1) is 5.10 Å². The maximum absolute atomic E-state index is 4.19. The fourth-order valence-electron chi connectivity index (χ4n) is 1.27. The summed E-state index contributed by atoms with van der Waals surface area (Å²) in [6.45, 7) is 2.10. The standard InChI is InChI=1S/C8H10N4/c1-3-6-4-5-9-8-7(6)10-11-12(8)2/h4-5H,3H2,1-2H3. The smallest absolute Gasteiger partial charge is 0.178 e. The minimum atomic E-state index is 0.856. The average molecular weight is 162 g/mol. The predicted molar refractivity (Wildman–Crippen MR) is 45.7 cm³/mol. The molecule has 0 N–H and O–H groups in total. The minimum absolute atomic E-state index is 0.856. The van der Waals surface area contributed by atoms with Crippen LogP contribution in [0.1, 0.15) is 12.5 Å².